The lowest BCUT2D eigenvalue weighted by Gasteiger charge is -2.23. The van der Waals surface area contributed by atoms with Crippen LogP contribution in [-0.2, 0) is 9.59 Å². The van der Waals surface area contributed by atoms with Gasteiger partial charge in [-0.25, -0.2) is 0 Å². The molecule has 2 atom stereocenters. The molecule has 1 fully saturated rings. The van der Waals surface area contributed by atoms with Gasteiger partial charge in [-0.3, -0.25) is 14.7 Å². The van der Waals surface area contributed by atoms with Crippen molar-refractivity contribution in [2.24, 2.45) is 5.92 Å². The van der Waals surface area contributed by atoms with Crippen LogP contribution in [0, 0.1) is 5.92 Å². The fourth-order valence-electron chi connectivity index (χ4n) is 3.05. The van der Waals surface area contributed by atoms with E-state index >= 15 is 0 Å². The van der Waals surface area contributed by atoms with Gasteiger partial charge in [0.25, 0.3) is 0 Å². The molecule has 1 aliphatic rings. The Labute approximate surface area is 141 Å². The molecule has 0 unspecified atom stereocenters. The van der Waals surface area contributed by atoms with Crippen molar-refractivity contribution in [3.63, 3.8) is 0 Å². The van der Waals surface area contributed by atoms with Gasteiger partial charge >= 0.3 is 0 Å². The molecule has 1 aliphatic heterocycles. The van der Waals surface area contributed by atoms with Crippen LogP contribution in [0.4, 0.5) is 11.5 Å². The molecule has 6 nitrogen and oxygen atoms in total. The third-order valence-electron chi connectivity index (χ3n) is 4.63. The first-order valence-corrected chi connectivity index (χ1v) is 8.29. The number of amides is 2. The molecular weight excluding hydrogens is 304 g/mol. The Hall–Kier alpha value is -2.63. The minimum Gasteiger partial charge on any atom is -0.311 e. The molecule has 2 amide bonds. The van der Waals surface area contributed by atoms with Crippen molar-refractivity contribution >= 4 is 23.3 Å². The van der Waals surface area contributed by atoms with Crippen LogP contribution in [0.5, 0.6) is 0 Å². The summed E-state index contributed by atoms with van der Waals surface area (Å²) in [5, 5.41) is 9.27. The van der Waals surface area contributed by atoms with Crippen LogP contribution in [0.2, 0.25) is 0 Å². The van der Waals surface area contributed by atoms with Crippen LogP contribution in [-0.4, -0.2) is 28.6 Å². The number of H-pyrrole nitrogens is 1. The molecule has 2 aromatic rings. The molecule has 1 aromatic heterocycles. The number of nitrogens with zero attached hydrogens (tertiary/aromatic N) is 2. The van der Waals surface area contributed by atoms with Gasteiger partial charge in [-0.05, 0) is 24.0 Å². The number of benzene rings is 1. The fourth-order valence-corrected chi connectivity index (χ4v) is 3.05. The van der Waals surface area contributed by atoms with E-state index in [1.165, 1.54) is 0 Å². The molecule has 126 valence electrons. The van der Waals surface area contributed by atoms with E-state index < -0.39 is 0 Å². The number of aromatic amines is 1. The maximum absolute atomic E-state index is 12.5. The predicted octanol–water partition coefficient (Wildman–Crippen LogP) is 2.91. The first-order valence-electron chi connectivity index (χ1n) is 8.29. The molecular formula is C18H22N4O2. The molecule has 24 heavy (non-hydrogen) atoms. The highest BCUT2D eigenvalue weighted by molar-refractivity contribution is 6.03. The Morgan fingerprint density at radius 2 is 2.21 bits per heavy atom. The van der Waals surface area contributed by atoms with Crippen LogP contribution in [0.1, 0.15) is 38.2 Å². The van der Waals surface area contributed by atoms with Gasteiger partial charge in [-0.2, -0.15) is 5.10 Å². The largest absolute Gasteiger partial charge is 0.311 e. The summed E-state index contributed by atoms with van der Waals surface area (Å²) in [6.07, 6.45) is 2.81. The molecule has 0 spiro atoms. The zero-order valence-electron chi connectivity index (χ0n) is 14.0. The van der Waals surface area contributed by atoms with Crippen molar-refractivity contribution in [2.45, 2.75) is 32.6 Å². The Kier molecular flexibility index (Phi) is 4.64. The van der Waals surface area contributed by atoms with Crippen molar-refractivity contribution in [3.05, 3.63) is 42.1 Å². The standard InChI is InChI=1S/C18H22N4O2/c1-3-12(2)14-6-4-5-7-15(14)22-11-13(10-17(22)23)18(24)20-16-8-9-19-21-16/h4-9,12-13H,3,10-11H2,1-2H3,(H2,19,20,21,24)/t12-,13-/m0/s1. The Morgan fingerprint density at radius 1 is 1.42 bits per heavy atom. The maximum Gasteiger partial charge on any atom is 0.230 e. The summed E-state index contributed by atoms with van der Waals surface area (Å²) in [6, 6.07) is 9.65. The fraction of sp³-hybridized carbons (Fsp3) is 0.389. The number of nitrogens with one attached hydrogen (secondary N) is 2. The number of rotatable bonds is 5. The van der Waals surface area contributed by atoms with Gasteiger partial charge in [-0.15, -0.1) is 0 Å². The average molecular weight is 326 g/mol. The van der Waals surface area contributed by atoms with Crippen LogP contribution >= 0.6 is 0 Å². The maximum atomic E-state index is 12.5. The SMILES string of the molecule is CC[C@H](C)c1ccccc1N1C[C@@H](C(=O)Nc2ccn[nH]2)CC1=O. The Bertz CT molecular complexity index is 726. The zero-order chi connectivity index (χ0) is 17.1. The average Bonchev–Trinajstić information content (AvgIpc) is 3.23. The molecule has 0 radical (unpaired) electrons. The summed E-state index contributed by atoms with van der Waals surface area (Å²) in [5.41, 5.74) is 2.08. The normalized spacial score (nSPS) is 18.7. The summed E-state index contributed by atoms with van der Waals surface area (Å²) in [7, 11) is 0. The third-order valence-corrected chi connectivity index (χ3v) is 4.63. The number of para-hydroxylation sites is 1. The quantitative estimate of drug-likeness (QED) is 0.887. The molecule has 3 rings (SSSR count). The Balaban J connectivity index is 1.77. The topological polar surface area (TPSA) is 78.1 Å². The number of hydrogen-bond acceptors (Lipinski definition) is 3. The van der Waals surface area contributed by atoms with Crippen LogP contribution in [0.25, 0.3) is 0 Å². The molecule has 1 aromatic carbocycles. The van der Waals surface area contributed by atoms with Gasteiger partial charge in [0.2, 0.25) is 11.8 Å². The third kappa shape index (κ3) is 3.18. The number of anilines is 2. The van der Waals surface area contributed by atoms with E-state index in [0.717, 1.165) is 17.7 Å². The molecule has 2 heterocycles. The van der Waals surface area contributed by atoms with Gasteiger partial charge in [0.05, 0.1) is 12.1 Å². The van der Waals surface area contributed by atoms with Crippen molar-refractivity contribution in [3.8, 4) is 0 Å². The highest BCUT2D eigenvalue weighted by Gasteiger charge is 2.36. The van der Waals surface area contributed by atoms with Gasteiger partial charge in [0.1, 0.15) is 5.82 Å². The number of aromatic nitrogens is 2. The number of carbonyl (C=O) groups excluding carboxylic acids is 2. The van der Waals surface area contributed by atoms with E-state index in [1.807, 2.05) is 18.2 Å². The summed E-state index contributed by atoms with van der Waals surface area (Å²) in [4.78, 5) is 26.6. The lowest BCUT2D eigenvalue weighted by atomic mass is 9.96. The van der Waals surface area contributed by atoms with E-state index in [2.05, 4.69) is 35.4 Å². The molecule has 0 aliphatic carbocycles. The summed E-state index contributed by atoms with van der Waals surface area (Å²) >= 11 is 0. The van der Waals surface area contributed by atoms with Crippen molar-refractivity contribution in [2.75, 3.05) is 16.8 Å². The molecule has 6 heteroatoms. The predicted molar refractivity (Wildman–Crippen MR) is 92.8 cm³/mol. The van der Waals surface area contributed by atoms with E-state index in [0.29, 0.717) is 18.3 Å². The van der Waals surface area contributed by atoms with E-state index in [4.69, 9.17) is 0 Å². The molecule has 0 bridgehead atoms. The minimum atomic E-state index is -0.356. The summed E-state index contributed by atoms with van der Waals surface area (Å²) in [5.74, 6) is 0.398. The minimum absolute atomic E-state index is 0.00415. The number of carbonyl (C=O) groups is 2. The summed E-state index contributed by atoms with van der Waals surface area (Å²) < 4.78 is 0. The van der Waals surface area contributed by atoms with E-state index in [1.54, 1.807) is 17.2 Å². The molecule has 2 N–H and O–H groups in total. The highest BCUT2D eigenvalue weighted by atomic mass is 16.2. The first-order chi connectivity index (χ1) is 11.6. The lowest BCUT2D eigenvalue weighted by Crippen LogP contribution is -2.29. The zero-order valence-corrected chi connectivity index (χ0v) is 14.0. The molecule has 0 saturated carbocycles. The smallest absolute Gasteiger partial charge is 0.230 e. The number of hydrogen-bond donors (Lipinski definition) is 2. The van der Waals surface area contributed by atoms with Crippen LogP contribution < -0.4 is 10.2 Å². The van der Waals surface area contributed by atoms with Gasteiger partial charge in [0.15, 0.2) is 0 Å². The lowest BCUT2D eigenvalue weighted by molar-refractivity contribution is -0.122. The van der Waals surface area contributed by atoms with E-state index in [9.17, 15) is 9.59 Å². The van der Waals surface area contributed by atoms with Crippen molar-refractivity contribution in [1.82, 2.24) is 10.2 Å². The summed E-state index contributed by atoms with van der Waals surface area (Å²) in [6.45, 7) is 4.70. The second-order valence-electron chi connectivity index (χ2n) is 6.23. The molecule has 1 saturated heterocycles. The second-order valence-corrected chi connectivity index (χ2v) is 6.23. The van der Waals surface area contributed by atoms with Crippen LogP contribution in [0.15, 0.2) is 36.5 Å². The monoisotopic (exact) mass is 326 g/mol. The van der Waals surface area contributed by atoms with Gasteiger partial charge in [0, 0.05) is 24.7 Å². The van der Waals surface area contributed by atoms with Crippen molar-refractivity contribution < 1.29 is 9.59 Å². The van der Waals surface area contributed by atoms with Crippen molar-refractivity contribution in [1.29, 1.82) is 0 Å². The Morgan fingerprint density at radius 3 is 2.92 bits per heavy atom. The second kappa shape index (κ2) is 6.86. The van der Waals surface area contributed by atoms with Crippen LogP contribution in [0.3, 0.4) is 0 Å². The first kappa shape index (κ1) is 16.2. The van der Waals surface area contributed by atoms with Gasteiger partial charge in [-0.1, -0.05) is 32.0 Å². The van der Waals surface area contributed by atoms with E-state index in [-0.39, 0.29) is 24.2 Å². The van der Waals surface area contributed by atoms with Gasteiger partial charge < -0.3 is 10.2 Å². The highest BCUT2D eigenvalue weighted by Crippen LogP contribution is 2.33.